The Balaban J connectivity index is 1.58. The van der Waals surface area contributed by atoms with E-state index in [1.165, 1.54) is 50.6 Å². The predicted octanol–water partition coefficient (Wildman–Crippen LogP) is 2.81. The van der Waals surface area contributed by atoms with Crippen LogP contribution < -0.4 is 5.32 Å². The molecule has 3 rings (SSSR count). The Morgan fingerprint density at radius 3 is 2.83 bits per heavy atom. The van der Waals surface area contributed by atoms with Gasteiger partial charge in [0.25, 0.3) is 0 Å². The quantitative estimate of drug-likeness (QED) is 0.686. The molecule has 2 heterocycles. The molecule has 2 aliphatic rings. The Labute approximate surface area is 140 Å². The van der Waals surface area contributed by atoms with Gasteiger partial charge in [-0.1, -0.05) is 19.3 Å². The first-order chi connectivity index (χ1) is 11.2. The van der Waals surface area contributed by atoms with Crippen LogP contribution in [0.25, 0.3) is 0 Å². The highest BCUT2D eigenvalue weighted by Crippen LogP contribution is 2.43. The Kier molecular flexibility index (Phi) is 5.23. The van der Waals surface area contributed by atoms with E-state index in [2.05, 4.69) is 35.4 Å². The summed E-state index contributed by atoms with van der Waals surface area (Å²) in [5.41, 5.74) is 1.78. The van der Waals surface area contributed by atoms with Crippen molar-refractivity contribution in [1.29, 1.82) is 0 Å². The molecule has 0 bridgehead atoms. The molecular weight excluding hydrogens is 286 g/mol. The molecule has 2 fully saturated rings. The highest BCUT2D eigenvalue weighted by Gasteiger charge is 2.39. The molecule has 0 radical (unpaired) electrons. The summed E-state index contributed by atoms with van der Waals surface area (Å²) in [4.78, 5) is 7.34. The van der Waals surface area contributed by atoms with Gasteiger partial charge in [0.05, 0.1) is 19.3 Å². The van der Waals surface area contributed by atoms with E-state index in [1.807, 2.05) is 10.9 Å². The van der Waals surface area contributed by atoms with Gasteiger partial charge in [-0.05, 0) is 44.1 Å². The number of guanidine groups is 1. The van der Waals surface area contributed by atoms with Gasteiger partial charge in [0.15, 0.2) is 5.96 Å². The summed E-state index contributed by atoms with van der Waals surface area (Å²) in [5, 5.41) is 7.82. The third-order valence-corrected chi connectivity index (χ3v) is 5.34. The van der Waals surface area contributed by atoms with Gasteiger partial charge < -0.3 is 10.2 Å². The van der Waals surface area contributed by atoms with Gasteiger partial charge in [0.2, 0.25) is 0 Å². The minimum absolute atomic E-state index is 0.577. The molecule has 0 amide bonds. The zero-order valence-electron chi connectivity index (χ0n) is 14.7. The molecule has 5 heteroatoms. The first kappa shape index (κ1) is 16.3. The number of nitrogens with zero attached hydrogens (tertiary/aromatic N) is 4. The molecule has 1 saturated carbocycles. The van der Waals surface area contributed by atoms with Gasteiger partial charge >= 0.3 is 0 Å². The van der Waals surface area contributed by atoms with Crippen LogP contribution in [-0.2, 0) is 6.54 Å². The maximum absolute atomic E-state index is 4.85. The van der Waals surface area contributed by atoms with Crippen LogP contribution in [0.1, 0.15) is 51.0 Å². The summed E-state index contributed by atoms with van der Waals surface area (Å²) in [6.07, 6.45) is 12.4. The molecule has 1 spiro atoms. The summed E-state index contributed by atoms with van der Waals surface area (Å²) < 4.78 is 1.98. The number of aromatic nitrogens is 2. The minimum atomic E-state index is 0.577. The largest absolute Gasteiger partial charge is 0.357 e. The Hall–Kier alpha value is -1.52. The Morgan fingerprint density at radius 2 is 2.13 bits per heavy atom. The molecule has 1 saturated heterocycles. The van der Waals surface area contributed by atoms with E-state index >= 15 is 0 Å². The van der Waals surface area contributed by atoms with E-state index in [1.54, 1.807) is 0 Å². The molecule has 5 nitrogen and oxygen atoms in total. The summed E-state index contributed by atoms with van der Waals surface area (Å²) in [6, 6.07) is 0. The van der Waals surface area contributed by atoms with Crippen molar-refractivity contribution in [2.45, 2.75) is 58.9 Å². The van der Waals surface area contributed by atoms with Crippen molar-refractivity contribution >= 4 is 5.96 Å². The SMILES string of the molecule is CCNC(=NCCn1cc(C)cn1)N1CCC2(CCCCC2)C1. The number of hydrogen-bond donors (Lipinski definition) is 1. The third-order valence-electron chi connectivity index (χ3n) is 5.34. The molecule has 0 aromatic carbocycles. The highest BCUT2D eigenvalue weighted by atomic mass is 15.3. The lowest BCUT2D eigenvalue weighted by Crippen LogP contribution is -2.41. The average molecular weight is 317 g/mol. The van der Waals surface area contributed by atoms with Crippen molar-refractivity contribution in [2.75, 3.05) is 26.2 Å². The van der Waals surface area contributed by atoms with Gasteiger partial charge in [-0.15, -0.1) is 0 Å². The number of aryl methyl sites for hydroxylation is 1. The first-order valence-electron chi connectivity index (χ1n) is 9.23. The van der Waals surface area contributed by atoms with Crippen LogP contribution in [0, 0.1) is 12.3 Å². The van der Waals surface area contributed by atoms with Crippen molar-refractivity contribution < 1.29 is 0 Å². The number of aliphatic imine (C=N–C) groups is 1. The van der Waals surface area contributed by atoms with Crippen LogP contribution in [0.5, 0.6) is 0 Å². The van der Waals surface area contributed by atoms with Crippen LogP contribution in [0.4, 0.5) is 0 Å². The maximum Gasteiger partial charge on any atom is 0.193 e. The highest BCUT2D eigenvalue weighted by molar-refractivity contribution is 5.80. The fourth-order valence-corrected chi connectivity index (χ4v) is 4.10. The van der Waals surface area contributed by atoms with E-state index in [4.69, 9.17) is 4.99 Å². The van der Waals surface area contributed by atoms with Crippen molar-refractivity contribution in [1.82, 2.24) is 20.0 Å². The lowest BCUT2D eigenvalue weighted by Gasteiger charge is -2.33. The number of hydrogen-bond acceptors (Lipinski definition) is 2. The van der Waals surface area contributed by atoms with Crippen molar-refractivity contribution in [2.24, 2.45) is 10.4 Å². The van der Waals surface area contributed by atoms with E-state index in [-0.39, 0.29) is 0 Å². The smallest absolute Gasteiger partial charge is 0.193 e. The molecule has 23 heavy (non-hydrogen) atoms. The summed E-state index contributed by atoms with van der Waals surface area (Å²) in [6.45, 7) is 9.15. The summed E-state index contributed by atoms with van der Waals surface area (Å²) >= 11 is 0. The number of nitrogens with one attached hydrogen (secondary N) is 1. The standard InChI is InChI=1S/C18H31N5/c1-3-19-17(20-10-12-23-14-16(2)13-21-23)22-11-9-18(15-22)7-5-4-6-8-18/h13-14H,3-12,15H2,1-2H3,(H,19,20). The fraction of sp³-hybridized carbons (Fsp3) is 0.778. The number of likely N-dealkylation sites (tertiary alicyclic amines) is 1. The second-order valence-corrected chi connectivity index (χ2v) is 7.25. The fourth-order valence-electron chi connectivity index (χ4n) is 4.10. The van der Waals surface area contributed by atoms with Crippen molar-refractivity contribution in [3.63, 3.8) is 0 Å². The first-order valence-corrected chi connectivity index (χ1v) is 9.23. The van der Waals surface area contributed by atoms with Crippen LogP contribution in [-0.4, -0.2) is 46.8 Å². The molecule has 1 aliphatic carbocycles. The zero-order chi connectivity index (χ0) is 16.1. The lowest BCUT2D eigenvalue weighted by atomic mass is 9.73. The molecular formula is C18H31N5. The molecule has 1 aromatic rings. The van der Waals surface area contributed by atoms with Crippen LogP contribution >= 0.6 is 0 Å². The third kappa shape index (κ3) is 4.06. The van der Waals surface area contributed by atoms with E-state index in [0.717, 1.165) is 32.1 Å². The zero-order valence-corrected chi connectivity index (χ0v) is 14.7. The van der Waals surface area contributed by atoms with E-state index in [0.29, 0.717) is 5.41 Å². The van der Waals surface area contributed by atoms with Crippen LogP contribution in [0.2, 0.25) is 0 Å². The van der Waals surface area contributed by atoms with Crippen molar-refractivity contribution in [3.05, 3.63) is 18.0 Å². The maximum atomic E-state index is 4.85. The second-order valence-electron chi connectivity index (χ2n) is 7.25. The lowest BCUT2D eigenvalue weighted by molar-refractivity contribution is 0.203. The predicted molar refractivity (Wildman–Crippen MR) is 94.7 cm³/mol. The normalized spacial score (nSPS) is 21.1. The van der Waals surface area contributed by atoms with Crippen LogP contribution in [0.15, 0.2) is 17.4 Å². The summed E-state index contributed by atoms with van der Waals surface area (Å²) in [7, 11) is 0. The number of rotatable bonds is 4. The Morgan fingerprint density at radius 1 is 1.30 bits per heavy atom. The van der Waals surface area contributed by atoms with Gasteiger partial charge in [0, 0.05) is 25.8 Å². The Bertz CT molecular complexity index is 527. The van der Waals surface area contributed by atoms with Crippen LogP contribution in [0.3, 0.4) is 0 Å². The van der Waals surface area contributed by atoms with E-state index in [9.17, 15) is 0 Å². The van der Waals surface area contributed by atoms with E-state index < -0.39 is 0 Å². The van der Waals surface area contributed by atoms with Gasteiger partial charge in [0.1, 0.15) is 0 Å². The van der Waals surface area contributed by atoms with Gasteiger partial charge in [-0.25, -0.2) is 0 Å². The molecule has 128 valence electrons. The van der Waals surface area contributed by atoms with Gasteiger partial charge in [-0.3, -0.25) is 9.67 Å². The molecule has 1 aliphatic heterocycles. The minimum Gasteiger partial charge on any atom is -0.357 e. The van der Waals surface area contributed by atoms with Crippen molar-refractivity contribution in [3.8, 4) is 0 Å². The second kappa shape index (κ2) is 7.37. The summed E-state index contributed by atoms with van der Waals surface area (Å²) in [5.74, 6) is 1.10. The molecule has 0 atom stereocenters. The average Bonchev–Trinajstić information content (AvgIpc) is 3.14. The molecule has 0 unspecified atom stereocenters. The topological polar surface area (TPSA) is 45.5 Å². The van der Waals surface area contributed by atoms with Gasteiger partial charge in [-0.2, -0.15) is 5.10 Å². The molecule has 1 N–H and O–H groups in total. The molecule has 1 aromatic heterocycles. The monoisotopic (exact) mass is 317 g/mol.